The van der Waals surface area contributed by atoms with Crippen molar-refractivity contribution in [3.05, 3.63) is 106 Å². The number of para-hydroxylation sites is 4. The molecule has 52 heavy (non-hydrogen) atoms. The highest BCUT2D eigenvalue weighted by molar-refractivity contribution is 5.99. The van der Waals surface area contributed by atoms with Crippen molar-refractivity contribution < 1.29 is 49.8 Å². The van der Waals surface area contributed by atoms with Crippen LogP contribution in [0.4, 0.5) is 0 Å². The second-order valence-electron chi connectivity index (χ2n) is 12.2. The van der Waals surface area contributed by atoms with Crippen LogP contribution in [-0.2, 0) is 0 Å². The zero-order valence-electron chi connectivity index (χ0n) is 28.6. The first kappa shape index (κ1) is 38.4. The molecule has 10 N–H and O–H groups in total. The highest BCUT2D eigenvalue weighted by Gasteiger charge is 2.30. The van der Waals surface area contributed by atoms with Gasteiger partial charge in [0, 0.05) is 25.2 Å². The number of amides is 4. The Hall–Kier alpha value is -6.44. The summed E-state index contributed by atoms with van der Waals surface area (Å²) < 4.78 is 0. The number of carbonyl (C=O) groups excluding carboxylic acids is 4. The fourth-order valence-electron chi connectivity index (χ4n) is 5.62. The van der Waals surface area contributed by atoms with Crippen LogP contribution in [0.1, 0.15) is 78.2 Å². The van der Waals surface area contributed by atoms with E-state index in [1.165, 1.54) is 42.5 Å². The van der Waals surface area contributed by atoms with E-state index in [0.717, 1.165) is 12.8 Å². The first-order valence-electron chi connectivity index (χ1n) is 16.6. The van der Waals surface area contributed by atoms with E-state index in [0.29, 0.717) is 24.0 Å². The molecule has 274 valence electrons. The molecule has 0 heterocycles. The molecule has 2 unspecified atom stereocenters. The third-order valence-corrected chi connectivity index (χ3v) is 8.58. The van der Waals surface area contributed by atoms with Gasteiger partial charge in [0.05, 0.1) is 22.3 Å². The molecule has 4 amide bonds. The van der Waals surface area contributed by atoms with Crippen LogP contribution in [0.25, 0.3) is 0 Å². The summed E-state index contributed by atoms with van der Waals surface area (Å²) in [7, 11) is 0. The summed E-state index contributed by atoms with van der Waals surface area (Å²) in [6, 6.07) is 17.5. The van der Waals surface area contributed by atoms with Crippen LogP contribution >= 0.6 is 0 Å². The number of hydrogen-bond acceptors (Lipinski definition) is 10. The lowest BCUT2D eigenvalue weighted by atomic mass is 9.89. The lowest BCUT2D eigenvalue weighted by Gasteiger charge is -2.33. The maximum Gasteiger partial charge on any atom is 0.255 e. The summed E-state index contributed by atoms with van der Waals surface area (Å²) in [6.07, 6.45) is 3.18. The molecule has 14 nitrogen and oxygen atoms in total. The average Bonchev–Trinajstić information content (AvgIpc) is 3.12. The van der Waals surface area contributed by atoms with Gasteiger partial charge in [-0.05, 0) is 74.2 Å². The third kappa shape index (κ3) is 9.41. The summed E-state index contributed by atoms with van der Waals surface area (Å²) in [5, 5.41) is 69.3. The van der Waals surface area contributed by atoms with E-state index < -0.39 is 35.1 Å². The van der Waals surface area contributed by atoms with Gasteiger partial charge < -0.3 is 51.9 Å². The van der Waals surface area contributed by atoms with Gasteiger partial charge >= 0.3 is 0 Å². The zero-order chi connectivity index (χ0) is 37.9. The summed E-state index contributed by atoms with van der Waals surface area (Å²) in [5.41, 5.74) is 1.48. The minimum absolute atomic E-state index is 0.0213. The molecular formula is C38H42N4O10. The fourth-order valence-corrected chi connectivity index (χ4v) is 5.62. The maximum atomic E-state index is 12.6. The van der Waals surface area contributed by atoms with Crippen molar-refractivity contribution in [1.29, 1.82) is 0 Å². The Morgan fingerprint density at radius 2 is 0.827 bits per heavy atom. The molecule has 1 fully saturated rings. The molecule has 4 aromatic carbocycles. The standard InChI is InChI=1S/C21H24N2O5.C17H18N2O5/c1-12-6-4-7-13(18(12)25)20(27)22-15-9-2-3-10-16(15)23-21(28)14-8-5-11-17(24)19(14)26;1-10-4-2-5-11(14(10)21)16(23)18-8-9-19-17(24)12-6-3-7-13(20)15(12)22/h4-8,11,15-16,24-26H,2-3,9-10H2,1H3,(H,22,27)(H,23,28);2-7,20-22H,8-9H2,1H3,(H,18,23)(H,19,24). The van der Waals surface area contributed by atoms with Crippen molar-refractivity contribution in [1.82, 2.24) is 21.3 Å². The number of aryl methyl sites for hydroxylation is 2. The molecule has 0 bridgehead atoms. The Kier molecular flexibility index (Phi) is 12.9. The van der Waals surface area contributed by atoms with Crippen LogP contribution in [-0.4, -0.2) is 79.4 Å². The van der Waals surface area contributed by atoms with Crippen molar-refractivity contribution in [3.63, 3.8) is 0 Å². The van der Waals surface area contributed by atoms with Gasteiger partial charge in [-0.1, -0.05) is 49.2 Å². The number of phenols is 6. The van der Waals surface area contributed by atoms with Gasteiger partial charge in [0.15, 0.2) is 23.0 Å². The topological polar surface area (TPSA) is 238 Å². The van der Waals surface area contributed by atoms with Crippen molar-refractivity contribution in [2.24, 2.45) is 0 Å². The lowest BCUT2D eigenvalue weighted by Crippen LogP contribution is -2.53. The second kappa shape index (κ2) is 17.5. The minimum atomic E-state index is -0.573. The molecule has 0 saturated heterocycles. The highest BCUT2D eigenvalue weighted by Crippen LogP contribution is 2.30. The number of rotatable bonds is 9. The molecule has 0 aromatic heterocycles. The largest absolute Gasteiger partial charge is 0.507 e. The summed E-state index contributed by atoms with van der Waals surface area (Å²) >= 11 is 0. The summed E-state index contributed by atoms with van der Waals surface area (Å²) in [6.45, 7) is 3.66. The van der Waals surface area contributed by atoms with Crippen molar-refractivity contribution in [2.45, 2.75) is 51.6 Å². The number of nitrogens with one attached hydrogen (secondary N) is 4. The van der Waals surface area contributed by atoms with Gasteiger partial charge in [-0.3, -0.25) is 19.2 Å². The van der Waals surface area contributed by atoms with E-state index in [2.05, 4.69) is 21.3 Å². The van der Waals surface area contributed by atoms with Crippen LogP contribution in [0.15, 0.2) is 72.8 Å². The van der Waals surface area contributed by atoms with Gasteiger partial charge in [-0.25, -0.2) is 0 Å². The van der Waals surface area contributed by atoms with E-state index in [1.807, 2.05) is 0 Å². The molecule has 2 atom stereocenters. The lowest BCUT2D eigenvalue weighted by molar-refractivity contribution is 0.0859. The van der Waals surface area contributed by atoms with Gasteiger partial charge in [-0.15, -0.1) is 0 Å². The number of carbonyl (C=O) groups is 4. The van der Waals surface area contributed by atoms with Crippen LogP contribution in [0.3, 0.4) is 0 Å². The van der Waals surface area contributed by atoms with Crippen molar-refractivity contribution in [2.75, 3.05) is 13.1 Å². The van der Waals surface area contributed by atoms with Crippen LogP contribution in [0.5, 0.6) is 34.5 Å². The number of aromatic hydroxyl groups is 6. The molecule has 1 saturated carbocycles. The van der Waals surface area contributed by atoms with E-state index >= 15 is 0 Å². The summed E-state index contributed by atoms with van der Waals surface area (Å²) in [4.78, 5) is 49.1. The van der Waals surface area contributed by atoms with Gasteiger partial charge in [0.1, 0.15) is 11.5 Å². The average molecular weight is 715 g/mol. The molecule has 0 radical (unpaired) electrons. The predicted octanol–water partition coefficient (Wildman–Crippen LogP) is 3.85. The van der Waals surface area contributed by atoms with Crippen LogP contribution in [0, 0.1) is 13.8 Å². The minimum Gasteiger partial charge on any atom is -0.507 e. The Bertz CT molecular complexity index is 1810. The smallest absolute Gasteiger partial charge is 0.255 e. The Morgan fingerprint density at radius 1 is 0.500 bits per heavy atom. The first-order valence-corrected chi connectivity index (χ1v) is 16.6. The van der Waals surface area contributed by atoms with E-state index in [-0.39, 0.29) is 70.4 Å². The maximum absolute atomic E-state index is 12.6. The van der Waals surface area contributed by atoms with Crippen molar-refractivity contribution >= 4 is 23.6 Å². The van der Waals surface area contributed by atoms with Crippen LogP contribution in [0.2, 0.25) is 0 Å². The Balaban J connectivity index is 0.000000236. The second-order valence-corrected chi connectivity index (χ2v) is 12.2. The molecule has 0 aliphatic heterocycles. The first-order chi connectivity index (χ1) is 24.8. The number of phenolic OH excluding ortho intramolecular Hbond substituents is 6. The van der Waals surface area contributed by atoms with E-state index in [9.17, 15) is 49.8 Å². The number of benzene rings is 4. The molecule has 1 aliphatic carbocycles. The highest BCUT2D eigenvalue weighted by atomic mass is 16.3. The fraction of sp³-hybridized carbons (Fsp3) is 0.263. The van der Waals surface area contributed by atoms with Gasteiger partial charge in [-0.2, -0.15) is 0 Å². The normalized spacial score (nSPS) is 15.0. The van der Waals surface area contributed by atoms with Crippen LogP contribution < -0.4 is 21.3 Å². The molecule has 14 heteroatoms. The SMILES string of the molecule is Cc1cccc(C(=O)NC2CCCCC2NC(=O)c2cccc(O)c2O)c1O.Cc1cccc(C(=O)NCCNC(=O)c2cccc(O)c2O)c1O. The zero-order valence-corrected chi connectivity index (χ0v) is 28.6. The van der Waals surface area contributed by atoms with E-state index in [1.54, 1.807) is 44.2 Å². The Morgan fingerprint density at radius 3 is 1.23 bits per heavy atom. The monoisotopic (exact) mass is 714 g/mol. The van der Waals surface area contributed by atoms with Gasteiger partial charge in [0.25, 0.3) is 23.6 Å². The summed E-state index contributed by atoms with van der Waals surface area (Å²) in [5.74, 6) is -3.79. The van der Waals surface area contributed by atoms with Crippen molar-refractivity contribution in [3.8, 4) is 34.5 Å². The molecule has 4 aromatic rings. The van der Waals surface area contributed by atoms with E-state index in [4.69, 9.17) is 0 Å². The number of hydrogen-bond donors (Lipinski definition) is 10. The quantitative estimate of drug-likeness (QED) is 0.0888. The third-order valence-electron chi connectivity index (χ3n) is 8.58. The Labute approximate surface area is 299 Å². The molecule has 0 spiro atoms. The molecular weight excluding hydrogens is 672 g/mol. The molecule has 5 rings (SSSR count). The molecule has 1 aliphatic rings. The van der Waals surface area contributed by atoms with Gasteiger partial charge in [0.2, 0.25) is 0 Å². The predicted molar refractivity (Wildman–Crippen MR) is 191 cm³/mol.